The highest BCUT2D eigenvalue weighted by molar-refractivity contribution is 7.99. The molecule has 1 rings (SSSR count). The fourth-order valence-electron chi connectivity index (χ4n) is 1.59. The molecule has 0 aliphatic heterocycles. The van der Waals surface area contributed by atoms with E-state index in [1.165, 1.54) is 0 Å². The van der Waals surface area contributed by atoms with Gasteiger partial charge in [-0.05, 0) is 30.3 Å². The maximum atomic E-state index is 5.81. The molecule has 0 atom stereocenters. The van der Waals surface area contributed by atoms with E-state index in [0.29, 0.717) is 13.2 Å². The zero-order valence-electron chi connectivity index (χ0n) is 10.6. The van der Waals surface area contributed by atoms with Crippen LogP contribution in [0.25, 0.3) is 0 Å². The molecule has 4 heteroatoms. The van der Waals surface area contributed by atoms with E-state index in [9.17, 15) is 0 Å². The molecular weight excluding hydrogens is 234 g/mol. The maximum absolute atomic E-state index is 5.81. The second kappa shape index (κ2) is 8.25. The van der Waals surface area contributed by atoms with E-state index in [1.807, 2.05) is 30.0 Å². The Bertz CT molecular complexity index is 331. The fraction of sp³-hybridized carbons (Fsp3) is 0.538. The SMILES string of the molecule is CCSCCOc1c(CCN)cccc1OC. The molecule has 1 aromatic rings. The molecule has 0 radical (unpaired) electrons. The van der Waals surface area contributed by atoms with Crippen LogP contribution in [-0.2, 0) is 6.42 Å². The Morgan fingerprint density at radius 2 is 2.18 bits per heavy atom. The zero-order valence-corrected chi connectivity index (χ0v) is 11.4. The van der Waals surface area contributed by atoms with Gasteiger partial charge in [0.25, 0.3) is 0 Å². The average Bonchev–Trinajstić information content (AvgIpc) is 2.36. The molecule has 0 spiro atoms. The Morgan fingerprint density at radius 3 is 2.82 bits per heavy atom. The van der Waals surface area contributed by atoms with Gasteiger partial charge in [0, 0.05) is 5.75 Å². The summed E-state index contributed by atoms with van der Waals surface area (Å²) in [7, 11) is 1.66. The lowest BCUT2D eigenvalue weighted by atomic mass is 10.1. The molecule has 1 aromatic carbocycles. The molecule has 0 unspecified atom stereocenters. The Kier molecular flexibility index (Phi) is 6.89. The number of ether oxygens (including phenoxy) is 2. The van der Waals surface area contributed by atoms with Gasteiger partial charge < -0.3 is 15.2 Å². The van der Waals surface area contributed by atoms with E-state index in [0.717, 1.165) is 35.0 Å². The van der Waals surface area contributed by atoms with Crippen LogP contribution in [0.15, 0.2) is 18.2 Å². The van der Waals surface area contributed by atoms with Gasteiger partial charge in [0.1, 0.15) is 0 Å². The Morgan fingerprint density at radius 1 is 1.35 bits per heavy atom. The van der Waals surface area contributed by atoms with E-state index in [2.05, 4.69) is 6.92 Å². The van der Waals surface area contributed by atoms with Crippen LogP contribution >= 0.6 is 11.8 Å². The molecule has 0 amide bonds. The molecule has 0 aliphatic rings. The lowest BCUT2D eigenvalue weighted by molar-refractivity contribution is 0.310. The van der Waals surface area contributed by atoms with Crippen LogP contribution in [0, 0.1) is 0 Å². The number of para-hydroxylation sites is 1. The van der Waals surface area contributed by atoms with Crippen molar-refractivity contribution in [1.82, 2.24) is 0 Å². The highest BCUT2D eigenvalue weighted by Gasteiger charge is 2.09. The summed E-state index contributed by atoms with van der Waals surface area (Å²) in [6.07, 6.45) is 0.813. The molecule has 0 heterocycles. The summed E-state index contributed by atoms with van der Waals surface area (Å²) in [6, 6.07) is 5.93. The minimum Gasteiger partial charge on any atom is -0.493 e. The number of rotatable bonds is 8. The molecular formula is C13H21NO2S. The summed E-state index contributed by atoms with van der Waals surface area (Å²) < 4.78 is 11.1. The van der Waals surface area contributed by atoms with Crippen LogP contribution in [0.1, 0.15) is 12.5 Å². The minimum absolute atomic E-state index is 0.618. The fourth-order valence-corrected chi connectivity index (χ4v) is 2.08. The number of thioether (sulfide) groups is 1. The van der Waals surface area contributed by atoms with E-state index < -0.39 is 0 Å². The molecule has 2 N–H and O–H groups in total. The molecule has 0 saturated heterocycles. The van der Waals surface area contributed by atoms with Crippen molar-refractivity contribution in [2.24, 2.45) is 5.73 Å². The number of hydrogen-bond acceptors (Lipinski definition) is 4. The first-order valence-corrected chi connectivity index (χ1v) is 7.05. The van der Waals surface area contributed by atoms with Crippen molar-refractivity contribution >= 4 is 11.8 Å². The predicted molar refractivity (Wildman–Crippen MR) is 74.2 cm³/mol. The van der Waals surface area contributed by atoms with Crippen molar-refractivity contribution in [2.75, 3.05) is 31.8 Å². The highest BCUT2D eigenvalue weighted by Crippen LogP contribution is 2.31. The summed E-state index contributed by atoms with van der Waals surface area (Å²) in [6.45, 7) is 3.47. The van der Waals surface area contributed by atoms with Crippen LogP contribution in [0.4, 0.5) is 0 Å². The first-order valence-electron chi connectivity index (χ1n) is 5.90. The van der Waals surface area contributed by atoms with Gasteiger partial charge in [-0.1, -0.05) is 19.1 Å². The highest BCUT2D eigenvalue weighted by atomic mass is 32.2. The lowest BCUT2D eigenvalue weighted by Crippen LogP contribution is -2.08. The second-order valence-corrected chi connectivity index (χ2v) is 4.93. The van der Waals surface area contributed by atoms with Crippen molar-refractivity contribution in [3.63, 3.8) is 0 Å². The van der Waals surface area contributed by atoms with Crippen molar-refractivity contribution < 1.29 is 9.47 Å². The minimum atomic E-state index is 0.618. The average molecular weight is 255 g/mol. The summed E-state index contributed by atoms with van der Waals surface area (Å²) >= 11 is 1.87. The van der Waals surface area contributed by atoms with Gasteiger partial charge in [0.15, 0.2) is 11.5 Å². The van der Waals surface area contributed by atoms with Gasteiger partial charge in [-0.15, -0.1) is 0 Å². The molecule has 0 fully saturated rings. The third-order valence-electron chi connectivity index (χ3n) is 2.37. The summed E-state index contributed by atoms with van der Waals surface area (Å²) in [5.74, 6) is 3.75. The molecule has 96 valence electrons. The van der Waals surface area contributed by atoms with E-state index in [-0.39, 0.29) is 0 Å². The lowest BCUT2D eigenvalue weighted by Gasteiger charge is -2.14. The van der Waals surface area contributed by atoms with Gasteiger partial charge in [-0.3, -0.25) is 0 Å². The van der Waals surface area contributed by atoms with Crippen molar-refractivity contribution in [3.05, 3.63) is 23.8 Å². The van der Waals surface area contributed by atoms with Crippen LogP contribution in [-0.4, -0.2) is 31.8 Å². The van der Waals surface area contributed by atoms with E-state index in [4.69, 9.17) is 15.2 Å². The quantitative estimate of drug-likeness (QED) is 0.724. The first-order chi connectivity index (χ1) is 8.33. The summed E-state index contributed by atoms with van der Waals surface area (Å²) in [5.41, 5.74) is 6.72. The largest absolute Gasteiger partial charge is 0.493 e. The third kappa shape index (κ3) is 4.48. The standard InChI is InChI=1S/C13H21NO2S/c1-3-17-10-9-16-13-11(7-8-14)5-4-6-12(13)15-2/h4-6H,3,7-10,14H2,1-2H3. The molecule has 0 saturated carbocycles. The van der Waals surface area contributed by atoms with Crippen molar-refractivity contribution in [1.29, 1.82) is 0 Å². The molecule has 3 nitrogen and oxygen atoms in total. The van der Waals surface area contributed by atoms with E-state index >= 15 is 0 Å². The van der Waals surface area contributed by atoms with Gasteiger partial charge in [0.05, 0.1) is 13.7 Å². The molecule has 0 bridgehead atoms. The molecule has 17 heavy (non-hydrogen) atoms. The molecule has 0 aromatic heterocycles. The molecule has 0 aliphatic carbocycles. The Hall–Kier alpha value is -0.870. The number of methoxy groups -OCH3 is 1. The van der Waals surface area contributed by atoms with Gasteiger partial charge in [-0.25, -0.2) is 0 Å². The van der Waals surface area contributed by atoms with Crippen LogP contribution in [0.3, 0.4) is 0 Å². The summed E-state index contributed by atoms with van der Waals surface area (Å²) in [4.78, 5) is 0. The third-order valence-corrected chi connectivity index (χ3v) is 3.24. The Balaban J connectivity index is 2.70. The predicted octanol–water partition coefficient (Wildman–Crippen LogP) is 2.33. The maximum Gasteiger partial charge on any atom is 0.164 e. The smallest absolute Gasteiger partial charge is 0.164 e. The van der Waals surface area contributed by atoms with Crippen molar-refractivity contribution in [2.45, 2.75) is 13.3 Å². The number of benzene rings is 1. The normalized spacial score (nSPS) is 10.3. The number of hydrogen-bond donors (Lipinski definition) is 1. The van der Waals surface area contributed by atoms with Gasteiger partial charge in [-0.2, -0.15) is 11.8 Å². The zero-order chi connectivity index (χ0) is 12.5. The second-order valence-electron chi connectivity index (χ2n) is 3.53. The number of nitrogens with two attached hydrogens (primary N) is 1. The van der Waals surface area contributed by atoms with Crippen LogP contribution < -0.4 is 15.2 Å². The van der Waals surface area contributed by atoms with Gasteiger partial charge >= 0.3 is 0 Å². The van der Waals surface area contributed by atoms with E-state index in [1.54, 1.807) is 7.11 Å². The van der Waals surface area contributed by atoms with Gasteiger partial charge in [0.2, 0.25) is 0 Å². The van der Waals surface area contributed by atoms with Crippen molar-refractivity contribution in [3.8, 4) is 11.5 Å². The topological polar surface area (TPSA) is 44.5 Å². The monoisotopic (exact) mass is 255 g/mol. The van der Waals surface area contributed by atoms with Crippen LogP contribution in [0.5, 0.6) is 11.5 Å². The first kappa shape index (κ1) is 14.2. The summed E-state index contributed by atoms with van der Waals surface area (Å²) in [5, 5.41) is 0. The Labute approximate surface area is 108 Å². The van der Waals surface area contributed by atoms with Crippen LogP contribution in [0.2, 0.25) is 0 Å².